The van der Waals surface area contributed by atoms with E-state index in [1.165, 1.54) is 12.8 Å². The molecule has 124 valence electrons. The third-order valence-corrected chi connectivity index (χ3v) is 2.76. The first-order valence-corrected chi connectivity index (χ1v) is 7.60. The summed E-state index contributed by atoms with van der Waals surface area (Å²) >= 11 is 0. The van der Waals surface area contributed by atoms with E-state index in [0.29, 0.717) is 5.56 Å². The first-order chi connectivity index (χ1) is 11.2. The van der Waals surface area contributed by atoms with E-state index in [1.807, 2.05) is 12.2 Å². The van der Waals surface area contributed by atoms with Gasteiger partial charge in [0.2, 0.25) is 0 Å². The summed E-state index contributed by atoms with van der Waals surface area (Å²) < 4.78 is 0. The van der Waals surface area contributed by atoms with E-state index in [-0.39, 0.29) is 0 Å². The Morgan fingerprint density at radius 3 is 1.83 bits per heavy atom. The molecule has 3 N–H and O–H groups in total. The van der Waals surface area contributed by atoms with Crippen molar-refractivity contribution < 1.29 is 9.90 Å². The van der Waals surface area contributed by atoms with Crippen molar-refractivity contribution in [2.24, 2.45) is 0 Å². The van der Waals surface area contributed by atoms with Crippen LogP contribution in [0.4, 0.5) is 0 Å². The number of carboxylic acid groups (broad SMARTS) is 1. The van der Waals surface area contributed by atoms with Crippen LogP contribution in [0.5, 0.6) is 0 Å². The fraction of sp³-hybridized carbons (Fsp3) is 0.316. The van der Waals surface area contributed by atoms with Crippen LogP contribution in [0.15, 0.2) is 67.1 Å². The summed E-state index contributed by atoms with van der Waals surface area (Å²) in [6.07, 6.45) is 6.17. The van der Waals surface area contributed by atoms with Gasteiger partial charge in [0.25, 0.3) is 0 Å². The van der Waals surface area contributed by atoms with Crippen LogP contribution < -0.4 is 10.6 Å². The number of nitrogens with one attached hydrogen (secondary N) is 2. The average molecular weight is 314 g/mol. The topological polar surface area (TPSA) is 61.4 Å². The van der Waals surface area contributed by atoms with E-state index in [2.05, 4.69) is 35.3 Å². The molecule has 0 bridgehead atoms. The van der Waals surface area contributed by atoms with Gasteiger partial charge in [-0.3, -0.25) is 0 Å². The highest BCUT2D eigenvalue weighted by Gasteiger charge is 1.96. The zero-order valence-electron chi connectivity index (χ0n) is 13.6. The molecule has 0 atom stereocenters. The largest absolute Gasteiger partial charge is 0.478 e. The molecular weight excluding hydrogens is 288 g/mol. The second-order valence-electron chi connectivity index (χ2n) is 4.60. The summed E-state index contributed by atoms with van der Waals surface area (Å²) in [5, 5.41) is 14.9. The highest BCUT2D eigenvalue weighted by Crippen LogP contribution is 1.96. The Bertz CT molecular complexity index is 489. The second kappa shape index (κ2) is 16.0. The molecule has 0 radical (unpaired) electrons. The maximum Gasteiger partial charge on any atom is 0.335 e. The van der Waals surface area contributed by atoms with Crippen LogP contribution in [-0.4, -0.2) is 37.3 Å². The third-order valence-electron chi connectivity index (χ3n) is 2.76. The third kappa shape index (κ3) is 14.4. The zero-order chi connectivity index (χ0) is 17.2. The van der Waals surface area contributed by atoms with Crippen molar-refractivity contribution in [2.45, 2.75) is 12.8 Å². The number of unbranched alkanes of at least 4 members (excludes halogenated alkanes) is 1. The molecule has 1 aromatic carbocycles. The van der Waals surface area contributed by atoms with E-state index in [1.54, 1.807) is 30.3 Å². The van der Waals surface area contributed by atoms with Crippen molar-refractivity contribution in [1.82, 2.24) is 10.6 Å². The van der Waals surface area contributed by atoms with Crippen molar-refractivity contribution >= 4 is 5.97 Å². The molecule has 4 heteroatoms. The molecule has 0 amide bonds. The molecule has 0 aromatic heterocycles. The van der Waals surface area contributed by atoms with E-state index < -0.39 is 5.97 Å². The van der Waals surface area contributed by atoms with Gasteiger partial charge in [-0.1, -0.05) is 31.4 Å². The minimum atomic E-state index is -0.879. The van der Waals surface area contributed by atoms with Crippen LogP contribution in [0.1, 0.15) is 23.2 Å². The molecule has 0 saturated carbocycles. The van der Waals surface area contributed by atoms with E-state index >= 15 is 0 Å². The van der Waals surface area contributed by atoms with Crippen molar-refractivity contribution in [2.75, 3.05) is 26.2 Å². The molecule has 0 aliphatic heterocycles. The quantitative estimate of drug-likeness (QED) is 0.459. The molecule has 1 rings (SSSR count). The van der Waals surface area contributed by atoms with Gasteiger partial charge in [0.15, 0.2) is 0 Å². The Balaban J connectivity index is 0.000000459. The van der Waals surface area contributed by atoms with Gasteiger partial charge < -0.3 is 15.7 Å². The minimum absolute atomic E-state index is 0.331. The molecular formula is C19H26N2O2. The SMILES string of the molecule is C=C=CCNCCCCNCC=C=C.O=C(O)c1ccccc1. The lowest BCUT2D eigenvalue weighted by atomic mass is 10.2. The van der Waals surface area contributed by atoms with Crippen molar-refractivity contribution in [3.63, 3.8) is 0 Å². The highest BCUT2D eigenvalue weighted by atomic mass is 16.4. The van der Waals surface area contributed by atoms with Gasteiger partial charge >= 0.3 is 5.97 Å². The van der Waals surface area contributed by atoms with Gasteiger partial charge in [-0.05, 0) is 50.2 Å². The molecule has 23 heavy (non-hydrogen) atoms. The monoisotopic (exact) mass is 314 g/mol. The molecule has 0 unspecified atom stereocenters. The number of aromatic carboxylic acids is 1. The van der Waals surface area contributed by atoms with Crippen LogP contribution in [0.3, 0.4) is 0 Å². The van der Waals surface area contributed by atoms with Gasteiger partial charge in [0.05, 0.1) is 5.56 Å². The predicted molar refractivity (Wildman–Crippen MR) is 95.8 cm³/mol. The van der Waals surface area contributed by atoms with Crippen molar-refractivity contribution in [3.8, 4) is 0 Å². The molecule has 0 fully saturated rings. The molecule has 1 aromatic rings. The van der Waals surface area contributed by atoms with Crippen LogP contribution in [0, 0.1) is 0 Å². The van der Waals surface area contributed by atoms with Gasteiger partial charge in [0, 0.05) is 13.1 Å². The second-order valence-corrected chi connectivity index (χ2v) is 4.60. The number of carbonyl (C=O) groups is 1. The summed E-state index contributed by atoms with van der Waals surface area (Å²) in [6, 6.07) is 8.30. The molecule has 0 aliphatic rings. The smallest absolute Gasteiger partial charge is 0.335 e. The van der Waals surface area contributed by atoms with Crippen LogP contribution >= 0.6 is 0 Å². The number of hydrogen-bond donors (Lipinski definition) is 3. The Hall–Kier alpha value is -2.35. The first kappa shape index (κ1) is 20.6. The summed E-state index contributed by atoms with van der Waals surface area (Å²) in [5.41, 5.74) is 5.78. The zero-order valence-corrected chi connectivity index (χ0v) is 13.6. The molecule has 0 heterocycles. The summed E-state index contributed by atoms with van der Waals surface area (Å²) in [7, 11) is 0. The van der Waals surface area contributed by atoms with Gasteiger partial charge in [-0.25, -0.2) is 4.79 Å². The van der Waals surface area contributed by atoms with E-state index in [0.717, 1.165) is 26.2 Å². The minimum Gasteiger partial charge on any atom is -0.478 e. The normalized spacial score (nSPS) is 8.87. The summed E-state index contributed by atoms with van der Waals surface area (Å²) in [4.78, 5) is 10.2. The summed E-state index contributed by atoms with van der Waals surface area (Å²) in [5.74, 6) is -0.879. The maximum absolute atomic E-state index is 10.2. The number of benzene rings is 1. The molecule has 4 nitrogen and oxygen atoms in total. The van der Waals surface area contributed by atoms with Crippen LogP contribution in [-0.2, 0) is 0 Å². The first-order valence-electron chi connectivity index (χ1n) is 7.60. The fourth-order valence-electron chi connectivity index (χ4n) is 1.57. The van der Waals surface area contributed by atoms with Crippen LogP contribution in [0.2, 0.25) is 0 Å². The van der Waals surface area contributed by atoms with Gasteiger partial charge in [-0.15, -0.1) is 11.5 Å². The number of rotatable bonds is 10. The van der Waals surface area contributed by atoms with E-state index in [9.17, 15) is 4.79 Å². The number of carboxylic acids is 1. The van der Waals surface area contributed by atoms with E-state index in [4.69, 9.17) is 5.11 Å². The molecule has 0 saturated heterocycles. The van der Waals surface area contributed by atoms with Crippen LogP contribution in [0.25, 0.3) is 0 Å². The average Bonchev–Trinajstić information content (AvgIpc) is 2.58. The highest BCUT2D eigenvalue weighted by molar-refractivity contribution is 5.87. The van der Waals surface area contributed by atoms with Gasteiger partial charge in [-0.2, -0.15) is 0 Å². The standard InChI is InChI=1S/C12H20N2.C7H6O2/c1-3-5-9-13-11-7-8-12-14-10-6-4-2;8-7(9)6-4-2-1-3-5-6/h5-6,13-14H,1-2,7-12H2;1-5H,(H,8,9). The molecule has 0 spiro atoms. The lowest BCUT2D eigenvalue weighted by molar-refractivity contribution is 0.0697. The fourth-order valence-corrected chi connectivity index (χ4v) is 1.57. The maximum atomic E-state index is 10.2. The van der Waals surface area contributed by atoms with Gasteiger partial charge in [0.1, 0.15) is 0 Å². The Kier molecular flexibility index (Phi) is 14.4. The Morgan fingerprint density at radius 2 is 1.48 bits per heavy atom. The van der Waals surface area contributed by atoms with Crippen molar-refractivity contribution in [3.05, 3.63) is 72.7 Å². The predicted octanol–water partition coefficient (Wildman–Crippen LogP) is 3.01. The number of hydrogen-bond acceptors (Lipinski definition) is 3. The lowest BCUT2D eigenvalue weighted by Gasteiger charge is -2.02. The Morgan fingerprint density at radius 1 is 1.00 bits per heavy atom. The molecule has 0 aliphatic carbocycles. The van der Waals surface area contributed by atoms with Crippen molar-refractivity contribution in [1.29, 1.82) is 0 Å². The Labute approximate surface area is 138 Å². The lowest BCUT2D eigenvalue weighted by Crippen LogP contribution is -2.18. The summed E-state index contributed by atoms with van der Waals surface area (Å²) in [6.45, 7) is 10.8.